The van der Waals surface area contributed by atoms with Crippen LogP contribution in [0, 0.1) is 0 Å². The first kappa shape index (κ1) is 16.1. The zero-order valence-electron chi connectivity index (χ0n) is 12.6. The highest BCUT2D eigenvalue weighted by Gasteiger charge is 2.24. The monoisotopic (exact) mass is 401 g/mol. The molecule has 0 aromatic heterocycles. The van der Waals surface area contributed by atoms with E-state index in [-0.39, 0.29) is 6.09 Å². The summed E-state index contributed by atoms with van der Waals surface area (Å²) in [5.74, 6) is 0.857. The van der Waals surface area contributed by atoms with Crippen molar-refractivity contribution in [1.82, 2.24) is 4.90 Å². The highest BCUT2D eigenvalue weighted by atomic mass is 127. The summed E-state index contributed by atoms with van der Waals surface area (Å²) in [6, 6.07) is 7.94. The molecule has 2 rings (SSSR count). The largest absolute Gasteiger partial charge is 0.444 e. The zero-order chi connectivity index (χ0) is 15.5. The van der Waals surface area contributed by atoms with Crippen LogP contribution < -0.4 is 3.07 Å². The van der Waals surface area contributed by atoms with Crippen LogP contribution in [0.25, 0.3) is 5.57 Å². The van der Waals surface area contributed by atoms with E-state index in [0.717, 1.165) is 17.7 Å². The van der Waals surface area contributed by atoms with Crippen LogP contribution in [-0.4, -0.2) is 29.7 Å². The van der Waals surface area contributed by atoms with Crippen molar-refractivity contribution in [1.29, 1.82) is 0 Å². The average Bonchev–Trinajstić information content (AvgIpc) is 2.45. The molecule has 0 spiro atoms. The number of carbonyl (C=O) groups excluding carboxylic acids is 1. The molecule has 0 unspecified atom stereocenters. The van der Waals surface area contributed by atoms with Crippen molar-refractivity contribution in [3.8, 4) is 5.75 Å². The Morgan fingerprint density at radius 3 is 2.57 bits per heavy atom. The molecule has 0 atom stereocenters. The van der Waals surface area contributed by atoms with Crippen LogP contribution >= 0.6 is 23.0 Å². The molecule has 4 nitrogen and oxygen atoms in total. The number of rotatable bonds is 2. The van der Waals surface area contributed by atoms with Gasteiger partial charge < -0.3 is 12.7 Å². The first-order chi connectivity index (χ1) is 9.90. The molecule has 5 heteroatoms. The molecular weight excluding hydrogens is 381 g/mol. The summed E-state index contributed by atoms with van der Waals surface area (Å²) in [6.07, 6.45) is 2.62. The van der Waals surface area contributed by atoms with Gasteiger partial charge >= 0.3 is 6.09 Å². The van der Waals surface area contributed by atoms with Gasteiger partial charge in [0.05, 0.1) is 0 Å². The number of para-hydroxylation sites is 1. The standard InChI is InChI=1S/C16H20INO3/c1-16(2,3)20-15(19)18-10-8-12(9-11-18)13-6-4-5-7-14(13)21-17/h4-8H,9-11H2,1-3H3. The predicted octanol–water partition coefficient (Wildman–Crippen LogP) is 4.44. The van der Waals surface area contributed by atoms with Crippen LogP contribution in [0.5, 0.6) is 5.75 Å². The number of hydrogen-bond donors (Lipinski definition) is 0. The predicted molar refractivity (Wildman–Crippen MR) is 91.5 cm³/mol. The third kappa shape index (κ3) is 4.36. The van der Waals surface area contributed by atoms with Crippen LogP contribution in [-0.2, 0) is 4.74 Å². The molecule has 21 heavy (non-hydrogen) atoms. The van der Waals surface area contributed by atoms with E-state index in [2.05, 4.69) is 6.08 Å². The van der Waals surface area contributed by atoms with E-state index in [9.17, 15) is 4.79 Å². The van der Waals surface area contributed by atoms with Crippen LogP contribution in [0.2, 0.25) is 0 Å². The number of halogens is 1. The minimum atomic E-state index is -0.456. The molecule has 1 amide bonds. The first-order valence-electron chi connectivity index (χ1n) is 6.95. The Labute approximate surface area is 139 Å². The number of nitrogens with zero attached hydrogens (tertiary/aromatic N) is 1. The molecule has 1 aromatic carbocycles. The molecule has 114 valence electrons. The fourth-order valence-electron chi connectivity index (χ4n) is 2.21. The van der Waals surface area contributed by atoms with Crippen LogP contribution in [0.4, 0.5) is 4.79 Å². The molecule has 1 aliphatic heterocycles. The van der Waals surface area contributed by atoms with E-state index < -0.39 is 5.60 Å². The minimum Gasteiger partial charge on any atom is -0.444 e. The van der Waals surface area contributed by atoms with E-state index >= 15 is 0 Å². The second-order valence-electron chi connectivity index (χ2n) is 5.98. The quantitative estimate of drug-likeness (QED) is 0.688. The van der Waals surface area contributed by atoms with E-state index in [1.807, 2.05) is 68.0 Å². The van der Waals surface area contributed by atoms with Gasteiger partial charge in [0.25, 0.3) is 0 Å². The summed E-state index contributed by atoms with van der Waals surface area (Å²) in [5.41, 5.74) is 1.85. The van der Waals surface area contributed by atoms with E-state index in [1.165, 1.54) is 5.57 Å². The number of carbonyl (C=O) groups is 1. The molecule has 0 aliphatic carbocycles. The van der Waals surface area contributed by atoms with Gasteiger partial charge in [-0.25, -0.2) is 4.79 Å². The lowest BCUT2D eigenvalue weighted by atomic mass is 9.99. The van der Waals surface area contributed by atoms with Crippen molar-refractivity contribution in [2.24, 2.45) is 0 Å². The third-order valence-electron chi connectivity index (χ3n) is 3.18. The van der Waals surface area contributed by atoms with E-state index in [1.54, 1.807) is 4.90 Å². The van der Waals surface area contributed by atoms with Gasteiger partial charge in [0.1, 0.15) is 11.4 Å². The van der Waals surface area contributed by atoms with Gasteiger partial charge in [-0.2, -0.15) is 0 Å². The average molecular weight is 401 g/mol. The van der Waals surface area contributed by atoms with Crippen molar-refractivity contribution < 1.29 is 12.6 Å². The van der Waals surface area contributed by atoms with Crippen molar-refractivity contribution in [3.05, 3.63) is 35.9 Å². The molecular formula is C16H20INO3. The Kier molecular flexibility index (Phi) is 5.13. The normalized spacial score (nSPS) is 15.4. The maximum absolute atomic E-state index is 12.0. The van der Waals surface area contributed by atoms with Gasteiger partial charge in [-0.1, -0.05) is 24.3 Å². The maximum Gasteiger partial charge on any atom is 0.410 e. The third-order valence-corrected chi connectivity index (χ3v) is 3.65. The van der Waals surface area contributed by atoms with Gasteiger partial charge in [0.2, 0.25) is 0 Å². The van der Waals surface area contributed by atoms with Crippen LogP contribution in [0.15, 0.2) is 30.3 Å². The molecule has 0 radical (unpaired) electrons. The molecule has 0 saturated carbocycles. The van der Waals surface area contributed by atoms with Crippen LogP contribution in [0.3, 0.4) is 0 Å². The molecule has 1 aliphatic rings. The summed E-state index contributed by atoms with van der Waals surface area (Å²) in [7, 11) is 0. The molecule has 1 heterocycles. The second-order valence-corrected chi connectivity index (χ2v) is 6.42. The fraction of sp³-hybridized carbons (Fsp3) is 0.438. The summed E-state index contributed by atoms with van der Waals surface area (Å²) in [4.78, 5) is 13.8. The smallest absolute Gasteiger partial charge is 0.410 e. The Morgan fingerprint density at radius 2 is 2.00 bits per heavy atom. The number of benzene rings is 1. The van der Waals surface area contributed by atoms with Gasteiger partial charge in [0.15, 0.2) is 23.0 Å². The highest BCUT2D eigenvalue weighted by molar-refractivity contribution is 14.1. The van der Waals surface area contributed by atoms with E-state index in [4.69, 9.17) is 7.80 Å². The Bertz CT molecular complexity index is 549. The molecule has 0 fully saturated rings. The lowest BCUT2D eigenvalue weighted by molar-refractivity contribution is 0.0270. The van der Waals surface area contributed by atoms with Crippen molar-refractivity contribution >= 4 is 34.7 Å². The van der Waals surface area contributed by atoms with Gasteiger partial charge in [0, 0.05) is 18.7 Å². The topological polar surface area (TPSA) is 38.8 Å². The SMILES string of the molecule is CC(C)(C)OC(=O)N1CC=C(c2ccccc2OI)CC1. The molecule has 1 aromatic rings. The lowest BCUT2D eigenvalue weighted by Gasteiger charge is -2.29. The first-order valence-corrected chi connectivity index (χ1v) is 7.84. The summed E-state index contributed by atoms with van der Waals surface area (Å²) in [6.45, 7) is 6.87. The molecule has 0 N–H and O–H groups in total. The Morgan fingerprint density at radius 1 is 1.29 bits per heavy atom. The zero-order valence-corrected chi connectivity index (χ0v) is 14.7. The molecule has 0 bridgehead atoms. The van der Waals surface area contributed by atoms with Gasteiger partial charge in [-0.15, -0.1) is 0 Å². The molecule has 0 saturated heterocycles. The van der Waals surface area contributed by atoms with Crippen LogP contribution in [0.1, 0.15) is 32.8 Å². The van der Waals surface area contributed by atoms with Crippen molar-refractivity contribution in [2.45, 2.75) is 32.8 Å². The summed E-state index contributed by atoms with van der Waals surface area (Å²) < 4.78 is 10.8. The number of amides is 1. The number of hydrogen-bond acceptors (Lipinski definition) is 3. The maximum atomic E-state index is 12.0. The van der Waals surface area contributed by atoms with Crippen molar-refractivity contribution in [2.75, 3.05) is 13.1 Å². The number of ether oxygens (including phenoxy) is 1. The van der Waals surface area contributed by atoms with Gasteiger partial charge in [-0.3, -0.25) is 0 Å². The second kappa shape index (κ2) is 6.68. The summed E-state index contributed by atoms with van der Waals surface area (Å²) in [5, 5.41) is 0. The highest BCUT2D eigenvalue weighted by Crippen LogP contribution is 2.31. The Hall–Kier alpha value is -1.24. The van der Waals surface area contributed by atoms with Crippen molar-refractivity contribution in [3.63, 3.8) is 0 Å². The van der Waals surface area contributed by atoms with E-state index in [0.29, 0.717) is 13.1 Å². The fourth-order valence-corrected chi connectivity index (χ4v) is 2.59. The lowest BCUT2D eigenvalue weighted by Crippen LogP contribution is -2.39. The summed E-state index contributed by atoms with van der Waals surface area (Å²) >= 11 is 1.89. The Balaban J connectivity index is 2.07. The van der Waals surface area contributed by atoms with Gasteiger partial charge in [-0.05, 0) is 38.8 Å². The minimum absolute atomic E-state index is 0.253.